The third-order valence-electron chi connectivity index (χ3n) is 3.00. The minimum atomic E-state index is -0.376. The number of esters is 1. The molecule has 0 amide bonds. The number of carbonyl (C=O) groups excluding carboxylic acids is 1. The Morgan fingerprint density at radius 3 is 2.95 bits per heavy atom. The van der Waals surface area contributed by atoms with Crippen molar-refractivity contribution in [2.75, 3.05) is 17.7 Å². The van der Waals surface area contributed by atoms with Crippen LogP contribution in [-0.4, -0.2) is 28.4 Å². The number of hydrogen-bond acceptors (Lipinski definition) is 5. The summed E-state index contributed by atoms with van der Waals surface area (Å²) in [4.78, 5) is 12.0. The van der Waals surface area contributed by atoms with E-state index in [1.165, 1.54) is 0 Å². The Morgan fingerprint density at radius 1 is 1.48 bits per heavy atom. The van der Waals surface area contributed by atoms with Gasteiger partial charge in [-0.05, 0) is 32.0 Å². The summed E-state index contributed by atoms with van der Waals surface area (Å²) in [5.41, 5.74) is 7.56. The first-order chi connectivity index (χ1) is 10.1. The first-order valence-electron chi connectivity index (χ1n) is 6.91. The van der Waals surface area contributed by atoms with Crippen LogP contribution in [0.3, 0.4) is 0 Å². The van der Waals surface area contributed by atoms with Crippen LogP contribution in [0.5, 0.6) is 0 Å². The summed E-state index contributed by atoms with van der Waals surface area (Å²) in [5, 5.41) is 7.43. The van der Waals surface area contributed by atoms with Gasteiger partial charge >= 0.3 is 5.97 Å². The molecule has 1 aromatic heterocycles. The zero-order valence-corrected chi connectivity index (χ0v) is 12.2. The van der Waals surface area contributed by atoms with Crippen molar-refractivity contribution in [2.24, 2.45) is 0 Å². The van der Waals surface area contributed by atoms with Gasteiger partial charge in [0.1, 0.15) is 0 Å². The van der Waals surface area contributed by atoms with E-state index in [1.807, 2.05) is 23.9 Å². The van der Waals surface area contributed by atoms with E-state index in [1.54, 1.807) is 31.3 Å². The van der Waals surface area contributed by atoms with Crippen molar-refractivity contribution >= 4 is 17.3 Å². The number of nitrogens with zero attached hydrogens (tertiary/aromatic N) is 2. The molecule has 0 aliphatic rings. The van der Waals surface area contributed by atoms with Crippen LogP contribution in [0.1, 0.15) is 24.2 Å². The van der Waals surface area contributed by atoms with Crippen molar-refractivity contribution in [1.29, 1.82) is 0 Å². The van der Waals surface area contributed by atoms with Gasteiger partial charge in [0, 0.05) is 18.4 Å². The van der Waals surface area contributed by atoms with Crippen molar-refractivity contribution in [2.45, 2.75) is 26.4 Å². The predicted octanol–water partition coefficient (Wildman–Crippen LogP) is 2.14. The zero-order valence-electron chi connectivity index (χ0n) is 12.2. The maximum Gasteiger partial charge on any atom is 0.340 e. The lowest BCUT2D eigenvalue weighted by Crippen LogP contribution is -2.24. The fourth-order valence-electron chi connectivity index (χ4n) is 2.09. The van der Waals surface area contributed by atoms with Crippen molar-refractivity contribution in [3.8, 4) is 0 Å². The van der Waals surface area contributed by atoms with Crippen molar-refractivity contribution in [3.05, 3.63) is 42.2 Å². The molecule has 0 saturated heterocycles. The number of nitrogens with one attached hydrogen (secondary N) is 1. The van der Waals surface area contributed by atoms with Gasteiger partial charge in [0.05, 0.1) is 30.1 Å². The van der Waals surface area contributed by atoms with Crippen molar-refractivity contribution < 1.29 is 9.53 Å². The number of anilines is 2. The highest BCUT2D eigenvalue weighted by atomic mass is 16.5. The van der Waals surface area contributed by atoms with E-state index in [2.05, 4.69) is 10.4 Å². The van der Waals surface area contributed by atoms with Gasteiger partial charge in [0.2, 0.25) is 0 Å². The van der Waals surface area contributed by atoms with E-state index < -0.39 is 0 Å². The second-order valence-electron chi connectivity index (χ2n) is 4.76. The molecule has 2 rings (SSSR count). The Morgan fingerprint density at radius 2 is 2.29 bits per heavy atom. The van der Waals surface area contributed by atoms with Crippen LogP contribution in [0, 0.1) is 0 Å². The van der Waals surface area contributed by atoms with E-state index >= 15 is 0 Å². The number of rotatable bonds is 6. The number of para-hydroxylation sites is 1. The largest absolute Gasteiger partial charge is 0.462 e. The number of hydrogen-bond donors (Lipinski definition) is 2. The van der Waals surface area contributed by atoms with Crippen LogP contribution < -0.4 is 11.1 Å². The molecule has 6 heteroatoms. The second-order valence-corrected chi connectivity index (χ2v) is 4.76. The second kappa shape index (κ2) is 6.78. The molecule has 0 spiro atoms. The average molecular weight is 288 g/mol. The highest BCUT2D eigenvalue weighted by molar-refractivity contribution is 5.98. The standard InChI is InChI=1S/C15H20N4O2/c1-3-21-15(20)12-6-4-7-13(16)14(12)18-11(2)10-19-9-5-8-17-19/h4-9,11,18H,3,10,16H2,1-2H3. The van der Waals surface area contributed by atoms with Crippen molar-refractivity contribution in [1.82, 2.24) is 9.78 Å². The summed E-state index contributed by atoms with van der Waals surface area (Å²) in [6, 6.07) is 7.13. The molecule has 0 radical (unpaired) electrons. The van der Waals surface area contributed by atoms with E-state index in [9.17, 15) is 4.79 Å². The van der Waals surface area contributed by atoms with Gasteiger partial charge in [0.25, 0.3) is 0 Å². The van der Waals surface area contributed by atoms with Crippen LogP contribution in [0.4, 0.5) is 11.4 Å². The van der Waals surface area contributed by atoms with Crippen molar-refractivity contribution in [3.63, 3.8) is 0 Å². The summed E-state index contributed by atoms with van der Waals surface area (Å²) >= 11 is 0. The molecule has 0 aliphatic heterocycles. The summed E-state index contributed by atoms with van der Waals surface area (Å²) in [6.07, 6.45) is 3.62. The lowest BCUT2D eigenvalue weighted by molar-refractivity contribution is 0.0527. The maximum absolute atomic E-state index is 12.0. The molecule has 0 aliphatic carbocycles. The van der Waals surface area contributed by atoms with Gasteiger partial charge in [0.15, 0.2) is 0 Å². The molecule has 1 unspecified atom stereocenters. The molecule has 1 atom stereocenters. The molecule has 3 N–H and O–H groups in total. The lowest BCUT2D eigenvalue weighted by atomic mass is 10.1. The summed E-state index contributed by atoms with van der Waals surface area (Å²) < 4.78 is 6.88. The van der Waals surface area contributed by atoms with E-state index in [-0.39, 0.29) is 12.0 Å². The average Bonchev–Trinajstić information content (AvgIpc) is 2.94. The quantitative estimate of drug-likeness (QED) is 0.628. The molecule has 1 aromatic carbocycles. The minimum Gasteiger partial charge on any atom is -0.462 e. The van der Waals surface area contributed by atoms with Gasteiger partial charge in [-0.2, -0.15) is 5.10 Å². The van der Waals surface area contributed by atoms with E-state index in [0.717, 1.165) is 0 Å². The molecule has 6 nitrogen and oxygen atoms in total. The topological polar surface area (TPSA) is 82.2 Å². The zero-order chi connectivity index (χ0) is 15.2. The Kier molecular flexibility index (Phi) is 4.81. The molecule has 1 heterocycles. The number of benzene rings is 1. The van der Waals surface area contributed by atoms with Crippen LogP contribution in [0.2, 0.25) is 0 Å². The van der Waals surface area contributed by atoms with Crippen LogP contribution in [0.25, 0.3) is 0 Å². The summed E-state index contributed by atoms with van der Waals surface area (Å²) in [7, 11) is 0. The third-order valence-corrected chi connectivity index (χ3v) is 3.00. The number of carbonyl (C=O) groups is 1. The number of nitrogens with two attached hydrogens (primary N) is 1. The lowest BCUT2D eigenvalue weighted by Gasteiger charge is -2.19. The first-order valence-corrected chi connectivity index (χ1v) is 6.91. The molecular formula is C15H20N4O2. The fourth-order valence-corrected chi connectivity index (χ4v) is 2.09. The monoisotopic (exact) mass is 288 g/mol. The Balaban J connectivity index is 2.16. The summed E-state index contributed by atoms with van der Waals surface area (Å²) in [5.74, 6) is -0.376. The Labute approximate surface area is 123 Å². The normalized spacial score (nSPS) is 11.9. The van der Waals surface area contributed by atoms with Crippen LogP contribution in [-0.2, 0) is 11.3 Å². The molecule has 112 valence electrons. The SMILES string of the molecule is CCOC(=O)c1cccc(N)c1NC(C)Cn1cccn1. The Bertz CT molecular complexity index is 596. The van der Waals surface area contributed by atoms with E-state index in [4.69, 9.17) is 10.5 Å². The molecule has 21 heavy (non-hydrogen) atoms. The predicted molar refractivity (Wildman–Crippen MR) is 82.1 cm³/mol. The molecule has 2 aromatic rings. The number of aromatic nitrogens is 2. The smallest absolute Gasteiger partial charge is 0.340 e. The summed E-state index contributed by atoms with van der Waals surface area (Å²) in [6.45, 7) is 4.78. The van der Waals surface area contributed by atoms with Gasteiger partial charge in [-0.1, -0.05) is 6.07 Å². The first kappa shape index (κ1) is 14.9. The molecule has 0 saturated carbocycles. The Hall–Kier alpha value is -2.50. The van der Waals surface area contributed by atoms with Gasteiger partial charge < -0.3 is 15.8 Å². The highest BCUT2D eigenvalue weighted by Gasteiger charge is 2.16. The fraction of sp³-hybridized carbons (Fsp3) is 0.333. The third kappa shape index (κ3) is 3.75. The van der Waals surface area contributed by atoms with Gasteiger partial charge in [-0.3, -0.25) is 4.68 Å². The number of nitrogen functional groups attached to an aromatic ring is 1. The molecular weight excluding hydrogens is 268 g/mol. The number of ether oxygens (including phenoxy) is 1. The van der Waals surface area contributed by atoms with E-state index in [0.29, 0.717) is 30.1 Å². The van der Waals surface area contributed by atoms with Gasteiger partial charge in [-0.25, -0.2) is 4.79 Å². The van der Waals surface area contributed by atoms with Gasteiger partial charge in [-0.15, -0.1) is 0 Å². The molecule has 0 fully saturated rings. The van der Waals surface area contributed by atoms with Crippen LogP contribution in [0.15, 0.2) is 36.7 Å². The molecule has 0 bridgehead atoms. The minimum absolute atomic E-state index is 0.0581. The highest BCUT2D eigenvalue weighted by Crippen LogP contribution is 2.25. The maximum atomic E-state index is 12.0. The van der Waals surface area contributed by atoms with Crippen LogP contribution >= 0.6 is 0 Å².